The molecule has 4 aromatic heterocycles. The molecule has 10 heteroatoms. The Bertz CT molecular complexity index is 1920. The molecule has 218 valence electrons. The molecule has 6 aromatic rings. The van der Waals surface area contributed by atoms with Crippen molar-refractivity contribution in [2.75, 3.05) is 13.6 Å². The van der Waals surface area contributed by atoms with Crippen molar-refractivity contribution in [3.8, 4) is 33.9 Å². The number of hydrogen-bond acceptors (Lipinski definition) is 6. The van der Waals surface area contributed by atoms with E-state index in [1.807, 2.05) is 31.4 Å². The Balaban J connectivity index is 1.23. The van der Waals surface area contributed by atoms with E-state index < -0.39 is 0 Å². The summed E-state index contributed by atoms with van der Waals surface area (Å²) in [5.74, 6) is 0.543. The number of fused-ring (bicyclic) bond motifs is 2. The van der Waals surface area contributed by atoms with Crippen LogP contribution in [0.3, 0.4) is 0 Å². The van der Waals surface area contributed by atoms with Crippen molar-refractivity contribution in [3.05, 3.63) is 83.8 Å². The lowest BCUT2D eigenvalue weighted by molar-refractivity contribution is 0.489. The number of hydrogen-bond donors (Lipinski definition) is 4. The van der Waals surface area contributed by atoms with Gasteiger partial charge in [0.25, 0.3) is 0 Å². The minimum Gasteiger partial charge on any atom is -0.336 e. The molecule has 0 atom stereocenters. The fourth-order valence-corrected chi connectivity index (χ4v) is 6.16. The lowest BCUT2D eigenvalue weighted by Crippen LogP contribution is -2.20. The molecule has 0 amide bonds. The Labute approximate surface area is 247 Å². The molecule has 2 aromatic carbocycles. The SMILES string of the molecule is CNCc1cc(F)cc(-c2nccc3[nH]c(-c4n[nH]c5cc(F)c(-c6cncc(CNCC7CCCC7)c6)cc45)nc23)c1. The summed E-state index contributed by atoms with van der Waals surface area (Å²) in [5, 5.41) is 14.8. The van der Waals surface area contributed by atoms with Crippen LogP contribution in [0.15, 0.2) is 61.1 Å². The monoisotopic (exact) mass is 578 g/mol. The van der Waals surface area contributed by atoms with E-state index in [4.69, 9.17) is 4.98 Å². The summed E-state index contributed by atoms with van der Waals surface area (Å²) in [4.78, 5) is 17.1. The molecule has 8 nitrogen and oxygen atoms in total. The molecule has 1 fully saturated rings. The van der Waals surface area contributed by atoms with Gasteiger partial charge in [0.05, 0.1) is 16.7 Å². The summed E-state index contributed by atoms with van der Waals surface area (Å²) in [6.07, 6.45) is 10.4. The molecule has 0 unspecified atom stereocenters. The van der Waals surface area contributed by atoms with E-state index in [1.165, 1.54) is 43.9 Å². The van der Waals surface area contributed by atoms with Crippen LogP contribution in [0.1, 0.15) is 36.8 Å². The first-order valence-electron chi connectivity index (χ1n) is 14.7. The van der Waals surface area contributed by atoms with Gasteiger partial charge in [0.1, 0.15) is 22.8 Å². The third-order valence-electron chi connectivity index (χ3n) is 8.23. The van der Waals surface area contributed by atoms with Gasteiger partial charge in [-0.2, -0.15) is 5.10 Å². The molecular formula is C33H32F2N8. The Kier molecular flexibility index (Phi) is 7.38. The number of imidazole rings is 1. The maximum absolute atomic E-state index is 15.4. The molecule has 43 heavy (non-hydrogen) atoms. The molecule has 0 spiro atoms. The Morgan fingerprint density at radius 2 is 1.77 bits per heavy atom. The van der Waals surface area contributed by atoms with Crippen LogP contribution in [-0.4, -0.2) is 43.7 Å². The Morgan fingerprint density at radius 3 is 2.63 bits per heavy atom. The summed E-state index contributed by atoms with van der Waals surface area (Å²) in [6, 6.07) is 11.9. The maximum atomic E-state index is 15.4. The minimum absolute atomic E-state index is 0.340. The number of rotatable bonds is 9. The largest absolute Gasteiger partial charge is 0.336 e. The zero-order valence-corrected chi connectivity index (χ0v) is 23.8. The molecule has 0 aliphatic heterocycles. The van der Waals surface area contributed by atoms with E-state index in [1.54, 1.807) is 18.5 Å². The first kappa shape index (κ1) is 27.3. The van der Waals surface area contributed by atoms with E-state index in [9.17, 15) is 4.39 Å². The number of halogens is 2. The second-order valence-electron chi connectivity index (χ2n) is 11.3. The van der Waals surface area contributed by atoms with E-state index in [-0.39, 0.29) is 11.6 Å². The Hall–Kier alpha value is -4.54. The third kappa shape index (κ3) is 5.51. The van der Waals surface area contributed by atoms with Gasteiger partial charge in [0.2, 0.25) is 0 Å². The molecule has 0 saturated heterocycles. The lowest BCUT2D eigenvalue weighted by atomic mass is 10.0. The maximum Gasteiger partial charge on any atom is 0.159 e. The summed E-state index contributed by atoms with van der Waals surface area (Å²) >= 11 is 0. The molecular weight excluding hydrogens is 546 g/mol. The topological polar surface area (TPSA) is 107 Å². The van der Waals surface area contributed by atoms with Crippen LogP contribution in [0.25, 0.3) is 55.8 Å². The number of nitrogens with zero attached hydrogens (tertiary/aromatic N) is 4. The second kappa shape index (κ2) is 11.6. The third-order valence-corrected chi connectivity index (χ3v) is 8.23. The zero-order chi connectivity index (χ0) is 29.3. The van der Waals surface area contributed by atoms with Crippen LogP contribution in [0.4, 0.5) is 8.78 Å². The average molecular weight is 579 g/mol. The van der Waals surface area contributed by atoms with Crippen molar-refractivity contribution < 1.29 is 8.78 Å². The first-order chi connectivity index (χ1) is 21.1. The normalized spacial score (nSPS) is 13.9. The van der Waals surface area contributed by atoms with Crippen molar-refractivity contribution in [2.24, 2.45) is 5.92 Å². The predicted octanol–water partition coefficient (Wildman–Crippen LogP) is 6.51. The fraction of sp³-hybridized carbons (Fsp3) is 0.273. The van der Waals surface area contributed by atoms with Gasteiger partial charge in [-0.25, -0.2) is 13.8 Å². The second-order valence-corrected chi connectivity index (χ2v) is 11.3. The summed E-state index contributed by atoms with van der Waals surface area (Å²) in [7, 11) is 1.82. The number of aromatic nitrogens is 6. The molecule has 4 N–H and O–H groups in total. The van der Waals surface area contributed by atoms with Gasteiger partial charge < -0.3 is 15.6 Å². The van der Waals surface area contributed by atoms with Gasteiger partial charge in [-0.15, -0.1) is 0 Å². The van der Waals surface area contributed by atoms with Gasteiger partial charge >= 0.3 is 0 Å². The zero-order valence-electron chi connectivity index (χ0n) is 23.8. The van der Waals surface area contributed by atoms with Gasteiger partial charge in [-0.05, 0) is 79.9 Å². The predicted molar refractivity (Wildman–Crippen MR) is 164 cm³/mol. The van der Waals surface area contributed by atoms with Crippen LogP contribution < -0.4 is 10.6 Å². The van der Waals surface area contributed by atoms with E-state index >= 15 is 4.39 Å². The van der Waals surface area contributed by atoms with E-state index in [0.29, 0.717) is 58.0 Å². The molecule has 1 saturated carbocycles. The summed E-state index contributed by atoms with van der Waals surface area (Å²) in [5.41, 5.74) is 6.59. The summed E-state index contributed by atoms with van der Waals surface area (Å²) < 4.78 is 29.8. The first-order valence-corrected chi connectivity index (χ1v) is 14.7. The molecule has 7 rings (SSSR count). The summed E-state index contributed by atoms with van der Waals surface area (Å²) in [6.45, 7) is 2.21. The van der Waals surface area contributed by atoms with Gasteiger partial charge in [0, 0.05) is 59.8 Å². The number of H-pyrrole nitrogens is 2. The molecule has 1 aliphatic rings. The highest BCUT2D eigenvalue weighted by Gasteiger charge is 2.19. The number of benzene rings is 2. The average Bonchev–Trinajstić information content (AvgIpc) is 3.76. The quantitative estimate of drug-likeness (QED) is 0.156. The van der Waals surface area contributed by atoms with E-state index in [0.717, 1.165) is 34.5 Å². The fourth-order valence-electron chi connectivity index (χ4n) is 6.16. The Morgan fingerprint density at radius 1 is 0.907 bits per heavy atom. The van der Waals surface area contributed by atoms with Gasteiger partial charge in [-0.1, -0.05) is 12.8 Å². The molecule has 1 aliphatic carbocycles. The number of pyridine rings is 2. The number of aromatic amines is 2. The lowest BCUT2D eigenvalue weighted by Gasteiger charge is -2.11. The number of nitrogens with one attached hydrogen (secondary N) is 4. The van der Waals surface area contributed by atoms with Crippen LogP contribution >= 0.6 is 0 Å². The van der Waals surface area contributed by atoms with Crippen molar-refractivity contribution >= 4 is 21.9 Å². The van der Waals surface area contributed by atoms with Crippen molar-refractivity contribution in [1.82, 2.24) is 40.8 Å². The van der Waals surface area contributed by atoms with E-state index in [2.05, 4.69) is 35.8 Å². The smallest absolute Gasteiger partial charge is 0.159 e. The minimum atomic E-state index is -0.361. The molecule has 4 heterocycles. The highest BCUT2D eigenvalue weighted by molar-refractivity contribution is 5.97. The highest BCUT2D eigenvalue weighted by Crippen LogP contribution is 2.34. The standard InChI is InChI=1S/C33H32F2N8/c1-36-14-20-8-22(11-24(34)10-20)30-32-28(6-7-39-30)40-33(41-32)31-26-12-25(27(35)13-29(26)42-43-31)23-9-21(17-38-18-23)16-37-15-19-4-2-3-5-19/h6-13,17-19,36-37H,2-5,14-16H2,1H3,(H,40,41)(H,42,43). The van der Waals surface area contributed by atoms with Crippen molar-refractivity contribution in [3.63, 3.8) is 0 Å². The van der Waals surface area contributed by atoms with Crippen LogP contribution in [0.2, 0.25) is 0 Å². The molecule has 0 radical (unpaired) electrons. The highest BCUT2D eigenvalue weighted by atomic mass is 19.1. The van der Waals surface area contributed by atoms with Crippen LogP contribution in [0, 0.1) is 17.6 Å². The van der Waals surface area contributed by atoms with Crippen molar-refractivity contribution in [2.45, 2.75) is 38.8 Å². The van der Waals surface area contributed by atoms with Crippen LogP contribution in [-0.2, 0) is 13.1 Å². The molecule has 0 bridgehead atoms. The van der Waals surface area contributed by atoms with Gasteiger partial charge in [0.15, 0.2) is 5.82 Å². The van der Waals surface area contributed by atoms with Gasteiger partial charge in [-0.3, -0.25) is 15.1 Å². The van der Waals surface area contributed by atoms with Crippen LogP contribution in [0.5, 0.6) is 0 Å². The van der Waals surface area contributed by atoms with Crippen molar-refractivity contribution in [1.29, 1.82) is 0 Å².